The highest BCUT2D eigenvalue weighted by molar-refractivity contribution is 6.38. The second-order valence-corrected chi connectivity index (χ2v) is 8.23. The van der Waals surface area contributed by atoms with Crippen molar-refractivity contribution in [1.82, 2.24) is 14.4 Å². The van der Waals surface area contributed by atoms with E-state index in [1.165, 1.54) is 4.90 Å². The standard InChI is InChI=1S/C20H28ClN3O3/c1-20(2,3)27-16(25)13-24(12-11-22(4)5)19(26)18-17(21)14-9-7-8-10-15(14)23(18)6/h7-10H,11-13H2,1-6H3. The van der Waals surface area contributed by atoms with Gasteiger partial charge in [0.1, 0.15) is 17.8 Å². The highest BCUT2D eigenvalue weighted by Crippen LogP contribution is 2.30. The molecule has 1 heterocycles. The predicted molar refractivity (Wildman–Crippen MR) is 108 cm³/mol. The number of benzene rings is 1. The summed E-state index contributed by atoms with van der Waals surface area (Å²) in [5.41, 5.74) is 0.640. The van der Waals surface area contributed by atoms with Crippen molar-refractivity contribution in [3.05, 3.63) is 35.0 Å². The van der Waals surface area contributed by atoms with Crippen LogP contribution in [0.4, 0.5) is 0 Å². The number of nitrogens with zero attached hydrogens (tertiary/aromatic N) is 3. The van der Waals surface area contributed by atoms with Gasteiger partial charge in [0.05, 0.1) is 5.02 Å². The fourth-order valence-electron chi connectivity index (χ4n) is 2.84. The molecule has 6 nitrogen and oxygen atoms in total. The molecule has 0 saturated carbocycles. The molecule has 0 aliphatic carbocycles. The molecule has 0 aliphatic heterocycles. The third-order valence-corrected chi connectivity index (χ3v) is 4.47. The topological polar surface area (TPSA) is 54.8 Å². The Morgan fingerprint density at radius 2 is 1.78 bits per heavy atom. The number of esters is 1. The molecule has 0 spiro atoms. The average molecular weight is 394 g/mol. The number of carbonyl (C=O) groups is 2. The molecule has 1 amide bonds. The summed E-state index contributed by atoms with van der Waals surface area (Å²) in [7, 11) is 5.64. The van der Waals surface area contributed by atoms with E-state index in [9.17, 15) is 9.59 Å². The van der Waals surface area contributed by atoms with E-state index in [1.54, 1.807) is 32.4 Å². The van der Waals surface area contributed by atoms with Crippen molar-refractivity contribution < 1.29 is 14.3 Å². The van der Waals surface area contributed by atoms with Crippen molar-refractivity contribution in [1.29, 1.82) is 0 Å². The van der Waals surface area contributed by atoms with Gasteiger partial charge in [-0.05, 0) is 40.9 Å². The maximum atomic E-state index is 13.3. The van der Waals surface area contributed by atoms with Crippen LogP contribution in [0.2, 0.25) is 5.02 Å². The lowest BCUT2D eigenvalue weighted by atomic mass is 10.2. The number of fused-ring (bicyclic) bond motifs is 1. The third-order valence-electron chi connectivity index (χ3n) is 4.09. The Kier molecular flexibility index (Phi) is 6.54. The zero-order valence-electron chi connectivity index (χ0n) is 16.9. The van der Waals surface area contributed by atoms with Crippen LogP contribution in [0.3, 0.4) is 0 Å². The number of rotatable bonds is 6. The summed E-state index contributed by atoms with van der Waals surface area (Å²) >= 11 is 6.51. The lowest BCUT2D eigenvalue weighted by molar-refractivity contribution is -0.155. The van der Waals surface area contributed by atoms with Gasteiger partial charge < -0.3 is 19.1 Å². The largest absolute Gasteiger partial charge is 0.459 e. The molecule has 0 unspecified atom stereocenters. The lowest BCUT2D eigenvalue weighted by Crippen LogP contribution is -2.42. The van der Waals surface area contributed by atoms with Crippen LogP contribution in [0.5, 0.6) is 0 Å². The van der Waals surface area contributed by atoms with Crippen molar-refractivity contribution in [2.24, 2.45) is 7.05 Å². The summed E-state index contributed by atoms with van der Waals surface area (Å²) in [5.74, 6) is -0.726. The average Bonchev–Trinajstić information content (AvgIpc) is 2.81. The van der Waals surface area contributed by atoms with E-state index < -0.39 is 11.6 Å². The van der Waals surface area contributed by atoms with Crippen molar-refractivity contribution >= 4 is 34.4 Å². The molecule has 0 aliphatic rings. The van der Waals surface area contributed by atoms with E-state index >= 15 is 0 Å². The third kappa shape index (κ3) is 5.23. The summed E-state index contributed by atoms with van der Waals surface area (Å²) in [6, 6.07) is 7.58. The Hall–Kier alpha value is -2.05. The maximum Gasteiger partial charge on any atom is 0.326 e. The van der Waals surface area contributed by atoms with E-state index in [0.717, 1.165) is 10.9 Å². The Morgan fingerprint density at radius 3 is 2.33 bits per heavy atom. The molecule has 148 valence electrons. The number of ether oxygens (including phenoxy) is 1. The second-order valence-electron chi connectivity index (χ2n) is 7.86. The second kappa shape index (κ2) is 8.31. The summed E-state index contributed by atoms with van der Waals surface area (Å²) in [4.78, 5) is 29.0. The van der Waals surface area contributed by atoms with Crippen molar-refractivity contribution in [3.63, 3.8) is 0 Å². The highest BCUT2D eigenvalue weighted by atomic mass is 35.5. The van der Waals surface area contributed by atoms with Crippen LogP contribution in [-0.2, 0) is 16.6 Å². The van der Waals surface area contributed by atoms with Crippen LogP contribution in [0.25, 0.3) is 10.9 Å². The Morgan fingerprint density at radius 1 is 1.15 bits per heavy atom. The van der Waals surface area contributed by atoms with Crippen LogP contribution in [0.15, 0.2) is 24.3 Å². The van der Waals surface area contributed by atoms with Gasteiger partial charge in [-0.3, -0.25) is 9.59 Å². The minimum atomic E-state index is -0.607. The molecule has 2 aromatic rings. The number of amides is 1. The summed E-state index contributed by atoms with van der Waals surface area (Å²) in [5, 5.41) is 1.21. The molecule has 0 bridgehead atoms. The Balaban J connectivity index is 2.34. The number of para-hydroxylation sites is 1. The van der Waals surface area contributed by atoms with Gasteiger partial charge in [0.15, 0.2) is 0 Å². The lowest BCUT2D eigenvalue weighted by Gasteiger charge is -2.26. The molecule has 7 heteroatoms. The van der Waals surface area contributed by atoms with Gasteiger partial charge in [0.2, 0.25) is 0 Å². The number of carbonyl (C=O) groups excluding carboxylic acids is 2. The van der Waals surface area contributed by atoms with E-state index in [0.29, 0.717) is 23.8 Å². The zero-order valence-corrected chi connectivity index (χ0v) is 17.6. The monoisotopic (exact) mass is 393 g/mol. The van der Waals surface area contributed by atoms with Gasteiger partial charge in [-0.25, -0.2) is 0 Å². The number of aryl methyl sites for hydroxylation is 1. The first-order valence-electron chi connectivity index (χ1n) is 8.90. The maximum absolute atomic E-state index is 13.3. The molecule has 1 aromatic carbocycles. The van der Waals surface area contributed by atoms with Crippen LogP contribution in [-0.4, -0.2) is 65.6 Å². The van der Waals surface area contributed by atoms with E-state index in [-0.39, 0.29) is 12.5 Å². The molecular weight excluding hydrogens is 366 g/mol. The highest BCUT2D eigenvalue weighted by Gasteiger charge is 2.27. The molecular formula is C20H28ClN3O3. The zero-order chi connectivity index (χ0) is 20.4. The smallest absolute Gasteiger partial charge is 0.326 e. The van der Waals surface area contributed by atoms with Crippen molar-refractivity contribution in [3.8, 4) is 0 Å². The Bertz CT molecular complexity index is 798. The number of hydrogen-bond acceptors (Lipinski definition) is 4. The molecule has 0 atom stereocenters. The minimum absolute atomic E-state index is 0.123. The van der Waals surface area contributed by atoms with Gasteiger partial charge in [-0.1, -0.05) is 29.8 Å². The van der Waals surface area contributed by atoms with Gasteiger partial charge in [0, 0.05) is 31.0 Å². The van der Waals surface area contributed by atoms with Crippen LogP contribution < -0.4 is 0 Å². The number of hydrogen-bond donors (Lipinski definition) is 0. The van der Waals surface area contributed by atoms with Gasteiger partial charge >= 0.3 is 5.97 Å². The normalized spacial score (nSPS) is 11.9. The minimum Gasteiger partial charge on any atom is -0.459 e. The first kappa shape index (κ1) is 21.3. The number of halogens is 1. The molecule has 0 N–H and O–H groups in total. The van der Waals surface area contributed by atoms with E-state index in [4.69, 9.17) is 16.3 Å². The number of likely N-dealkylation sites (N-methyl/N-ethyl adjacent to an activating group) is 1. The molecule has 2 rings (SSSR count). The molecule has 0 fully saturated rings. The van der Waals surface area contributed by atoms with Gasteiger partial charge in [0.25, 0.3) is 5.91 Å². The van der Waals surface area contributed by atoms with Gasteiger partial charge in [-0.15, -0.1) is 0 Å². The van der Waals surface area contributed by atoms with Crippen LogP contribution in [0.1, 0.15) is 31.3 Å². The summed E-state index contributed by atoms with van der Waals surface area (Å²) in [6.07, 6.45) is 0. The molecule has 1 aromatic heterocycles. The molecule has 0 radical (unpaired) electrons. The first-order chi connectivity index (χ1) is 12.5. The fraction of sp³-hybridized carbons (Fsp3) is 0.500. The van der Waals surface area contributed by atoms with Crippen molar-refractivity contribution in [2.45, 2.75) is 26.4 Å². The van der Waals surface area contributed by atoms with Gasteiger partial charge in [-0.2, -0.15) is 0 Å². The fourth-order valence-corrected chi connectivity index (χ4v) is 3.20. The summed E-state index contributed by atoms with van der Waals surface area (Å²) in [6.45, 7) is 6.30. The quantitative estimate of drug-likeness (QED) is 0.707. The molecule has 0 saturated heterocycles. The predicted octanol–water partition coefficient (Wildman–Crippen LogP) is 3.18. The van der Waals surface area contributed by atoms with Crippen molar-refractivity contribution in [2.75, 3.05) is 33.7 Å². The SMILES string of the molecule is CN(C)CCN(CC(=O)OC(C)(C)C)C(=O)c1c(Cl)c2ccccc2n1C. The van der Waals surface area contributed by atoms with Crippen LogP contribution >= 0.6 is 11.6 Å². The molecule has 27 heavy (non-hydrogen) atoms. The number of aromatic nitrogens is 1. The first-order valence-corrected chi connectivity index (χ1v) is 9.28. The Labute approximate surface area is 165 Å². The van der Waals surface area contributed by atoms with Crippen LogP contribution in [0, 0.1) is 0 Å². The van der Waals surface area contributed by atoms with E-state index in [2.05, 4.69) is 0 Å². The van der Waals surface area contributed by atoms with E-state index in [1.807, 2.05) is 43.3 Å². The summed E-state index contributed by atoms with van der Waals surface area (Å²) < 4.78 is 7.17.